The first kappa shape index (κ1) is 37.1. The third-order valence-electron chi connectivity index (χ3n) is 7.17. The maximum Gasteiger partial charge on any atom is 0.419 e. The van der Waals surface area contributed by atoms with Crippen LogP contribution < -0.4 is 4.74 Å². The highest BCUT2D eigenvalue weighted by molar-refractivity contribution is 7.91. The zero-order chi connectivity index (χ0) is 35.8. The molecular formula is C34H43F2N5O5SSi. The van der Waals surface area contributed by atoms with E-state index < -0.39 is 42.5 Å². The summed E-state index contributed by atoms with van der Waals surface area (Å²) >= 11 is -1.90. The summed E-state index contributed by atoms with van der Waals surface area (Å²) in [6, 6.07) is 11.0. The van der Waals surface area contributed by atoms with Gasteiger partial charge in [0.05, 0.1) is 33.7 Å². The Morgan fingerprint density at radius 2 is 1.83 bits per heavy atom. The Balaban J connectivity index is 2.08. The van der Waals surface area contributed by atoms with Gasteiger partial charge in [-0.15, -0.1) is 0 Å². The highest BCUT2D eigenvalue weighted by Crippen LogP contribution is 2.37. The van der Waals surface area contributed by atoms with Gasteiger partial charge in [0.15, 0.2) is 11.5 Å². The Kier molecular flexibility index (Phi) is 10.8. The van der Waals surface area contributed by atoms with E-state index in [0.29, 0.717) is 39.7 Å². The first-order chi connectivity index (χ1) is 22.2. The van der Waals surface area contributed by atoms with Gasteiger partial charge in [0, 0.05) is 26.3 Å². The Labute approximate surface area is 284 Å². The highest BCUT2D eigenvalue weighted by Gasteiger charge is 2.33. The molecule has 0 bridgehead atoms. The third-order valence-corrected chi connectivity index (χ3v) is 10.3. The van der Waals surface area contributed by atoms with Crippen molar-refractivity contribution in [2.45, 2.75) is 97.8 Å². The second-order valence-electron chi connectivity index (χ2n) is 14.7. The van der Waals surface area contributed by atoms with Crippen molar-refractivity contribution in [3.8, 4) is 11.8 Å². The minimum Gasteiger partial charge on any atom is -0.591 e. The Hall–Kier alpha value is -3.77. The second kappa shape index (κ2) is 14.0. The lowest BCUT2D eigenvalue weighted by Crippen LogP contribution is -2.28. The lowest BCUT2D eigenvalue weighted by Gasteiger charge is -2.22. The summed E-state index contributed by atoms with van der Waals surface area (Å²) in [6.45, 7) is 16.1. The van der Waals surface area contributed by atoms with Gasteiger partial charge in [-0.2, -0.15) is 14.0 Å². The van der Waals surface area contributed by atoms with Crippen molar-refractivity contribution < 1.29 is 32.3 Å². The number of hydrogen-bond donors (Lipinski definition) is 0. The van der Waals surface area contributed by atoms with Crippen LogP contribution in [0.3, 0.4) is 0 Å². The van der Waals surface area contributed by atoms with Crippen LogP contribution >= 0.6 is 0 Å². The van der Waals surface area contributed by atoms with E-state index in [0.717, 1.165) is 6.04 Å². The molecule has 0 radical (unpaired) electrons. The molecule has 0 aliphatic heterocycles. The molecule has 0 N–H and O–H groups in total. The third kappa shape index (κ3) is 8.62. The van der Waals surface area contributed by atoms with E-state index in [-0.39, 0.29) is 29.6 Å². The molecule has 258 valence electrons. The largest absolute Gasteiger partial charge is 0.591 e. The van der Waals surface area contributed by atoms with Gasteiger partial charge in [-0.1, -0.05) is 24.0 Å². The van der Waals surface area contributed by atoms with Gasteiger partial charge in [0.25, 0.3) is 0 Å². The number of halogens is 2. The summed E-state index contributed by atoms with van der Waals surface area (Å²) in [5.74, 6) is -0.0717. The predicted octanol–water partition coefficient (Wildman–Crippen LogP) is 8.17. The molecule has 1 atom stereocenters. The SMILES string of the molecule is Cc1cc(OC(F)F)c(C(=N[S+]([O-])C(C)(C)C)c2nc3cc(C#N)ccc3n2COCC[Si](C)(C)C)c2ccn(C(=O)OC(C)(C)C)c12. The zero-order valence-corrected chi connectivity index (χ0v) is 30.9. The molecule has 2 heterocycles. The van der Waals surface area contributed by atoms with Gasteiger partial charge < -0.3 is 18.8 Å². The van der Waals surface area contributed by atoms with Crippen LogP contribution in [0, 0.1) is 18.3 Å². The van der Waals surface area contributed by atoms with E-state index in [4.69, 9.17) is 19.2 Å². The number of aryl methyl sites for hydroxylation is 1. The van der Waals surface area contributed by atoms with E-state index in [1.165, 1.54) is 16.8 Å². The normalized spacial score (nSPS) is 13.7. The fraction of sp³-hybridized carbons (Fsp3) is 0.471. The van der Waals surface area contributed by atoms with Crippen molar-refractivity contribution >= 4 is 53.2 Å². The van der Waals surface area contributed by atoms with Crippen molar-refractivity contribution in [2.24, 2.45) is 4.40 Å². The number of ether oxygens (including phenoxy) is 3. The van der Waals surface area contributed by atoms with Crippen LogP contribution in [-0.2, 0) is 27.6 Å². The predicted molar refractivity (Wildman–Crippen MR) is 187 cm³/mol. The van der Waals surface area contributed by atoms with Crippen LogP contribution in [0.5, 0.6) is 5.75 Å². The first-order valence-electron chi connectivity index (χ1n) is 15.5. The minimum atomic E-state index is -3.20. The second-order valence-corrected chi connectivity index (χ2v) is 22.2. The fourth-order valence-electron chi connectivity index (χ4n) is 4.87. The van der Waals surface area contributed by atoms with Crippen molar-refractivity contribution in [1.82, 2.24) is 14.1 Å². The van der Waals surface area contributed by atoms with Gasteiger partial charge in [0.1, 0.15) is 34.2 Å². The quantitative estimate of drug-likeness (QED) is 0.0707. The molecule has 2 aromatic carbocycles. The number of nitriles is 1. The van der Waals surface area contributed by atoms with Crippen molar-refractivity contribution in [3.05, 3.63) is 59.0 Å². The summed E-state index contributed by atoms with van der Waals surface area (Å²) in [6.07, 6.45) is 0.819. The number of carbonyl (C=O) groups is 1. The minimum absolute atomic E-state index is 0.00523. The van der Waals surface area contributed by atoms with Crippen molar-refractivity contribution in [1.29, 1.82) is 5.26 Å². The van der Waals surface area contributed by atoms with Gasteiger partial charge in [-0.3, -0.25) is 9.13 Å². The van der Waals surface area contributed by atoms with Gasteiger partial charge >= 0.3 is 12.7 Å². The van der Waals surface area contributed by atoms with E-state index in [1.54, 1.807) is 77.3 Å². The molecule has 0 aliphatic carbocycles. The Bertz CT molecular complexity index is 1890. The molecule has 10 nitrogen and oxygen atoms in total. The maximum atomic E-state index is 14.0. The van der Waals surface area contributed by atoms with Crippen LogP contribution in [0.25, 0.3) is 21.9 Å². The van der Waals surface area contributed by atoms with Crippen LogP contribution in [-0.4, -0.2) is 62.1 Å². The Morgan fingerprint density at radius 3 is 2.42 bits per heavy atom. The number of hydrogen-bond acceptors (Lipinski definition) is 8. The fourth-order valence-corrected chi connectivity index (χ4v) is 6.24. The number of imidazole rings is 1. The van der Waals surface area contributed by atoms with Crippen LogP contribution in [0.4, 0.5) is 13.6 Å². The summed E-state index contributed by atoms with van der Waals surface area (Å²) in [4.78, 5) is 18.1. The van der Waals surface area contributed by atoms with Gasteiger partial charge in [-0.05, 0) is 90.4 Å². The topological polar surface area (TPSA) is 127 Å². The Morgan fingerprint density at radius 1 is 1.15 bits per heavy atom. The lowest BCUT2D eigenvalue weighted by molar-refractivity contribution is -0.0499. The van der Waals surface area contributed by atoms with E-state index in [2.05, 4.69) is 30.1 Å². The molecule has 0 aliphatic rings. The highest BCUT2D eigenvalue weighted by atomic mass is 32.2. The van der Waals surface area contributed by atoms with Crippen LogP contribution in [0.15, 0.2) is 40.9 Å². The lowest BCUT2D eigenvalue weighted by atomic mass is 10.00. The summed E-state index contributed by atoms with van der Waals surface area (Å²) in [5, 5.41) is 9.93. The molecule has 0 spiro atoms. The van der Waals surface area contributed by atoms with Gasteiger partial charge in [-0.25, -0.2) is 9.78 Å². The zero-order valence-electron chi connectivity index (χ0n) is 29.1. The molecule has 14 heteroatoms. The number of fused-ring (bicyclic) bond motifs is 2. The molecule has 1 unspecified atom stereocenters. The molecular weight excluding hydrogens is 657 g/mol. The number of rotatable bonds is 10. The molecule has 0 amide bonds. The number of nitrogens with zero attached hydrogens (tertiary/aromatic N) is 5. The molecule has 2 aromatic heterocycles. The summed E-state index contributed by atoms with van der Waals surface area (Å²) in [7, 11) is -1.44. The van der Waals surface area contributed by atoms with Crippen LogP contribution in [0.1, 0.15) is 64.1 Å². The first-order valence-corrected chi connectivity index (χ1v) is 20.3. The molecule has 48 heavy (non-hydrogen) atoms. The van der Waals surface area contributed by atoms with Gasteiger partial charge in [0.2, 0.25) is 0 Å². The average molecular weight is 700 g/mol. The molecule has 0 saturated heterocycles. The van der Waals surface area contributed by atoms with E-state index in [9.17, 15) is 23.4 Å². The molecule has 0 fully saturated rings. The summed E-state index contributed by atoms with van der Waals surface area (Å²) < 4.78 is 65.5. The van der Waals surface area contributed by atoms with Crippen molar-refractivity contribution in [3.63, 3.8) is 0 Å². The molecule has 4 aromatic rings. The number of alkyl halides is 2. The summed E-state index contributed by atoms with van der Waals surface area (Å²) in [5.41, 5.74) is 1.47. The molecule has 0 saturated carbocycles. The number of benzene rings is 2. The van der Waals surface area contributed by atoms with E-state index in [1.807, 2.05) is 0 Å². The molecule has 4 rings (SSSR count). The van der Waals surface area contributed by atoms with Crippen molar-refractivity contribution in [2.75, 3.05) is 6.61 Å². The van der Waals surface area contributed by atoms with E-state index >= 15 is 0 Å². The number of carbonyl (C=O) groups excluding carboxylic acids is 1. The standard InChI is InChI=1S/C34H43F2N5O5SSi/c1-21-17-26(45-31(35)36)27(23-13-14-40(29(21)23)32(42)46-33(2,3)4)28(39-47(43)34(5,6)7)30-38-24-18-22(19-37)11-12-25(24)41(30)20-44-15-16-48(8,9)10/h11-14,17-18,31H,15-16,20H2,1-10H3. The maximum absolute atomic E-state index is 14.0. The van der Waals surface area contributed by atoms with Crippen LogP contribution in [0.2, 0.25) is 25.7 Å². The smallest absolute Gasteiger partial charge is 0.419 e. The monoisotopic (exact) mass is 699 g/mol. The number of aromatic nitrogens is 3. The average Bonchev–Trinajstić information content (AvgIpc) is 3.54.